The first kappa shape index (κ1) is 27.6. The molecule has 0 bridgehead atoms. The molecule has 0 spiro atoms. The van der Waals surface area contributed by atoms with Crippen molar-refractivity contribution >= 4 is 7.60 Å². The Balaban J connectivity index is 3.55. The molecule has 0 rings (SSSR count). The topological polar surface area (TPSA) is 46.5 Å². The van der Waals surface area contributed by atoms with Crippen LogP contribution < -0.4 is 0 Å². The molecule has 0 aromatic heterocycles. The van der Waals surface area contributed by atoms with E-state index >= 15 is 0 Å². The second-order valence-electron chi connectivity index (χ2n) is 8.71. The van der Waals surface area contributed by atoms with E-state index in [1.165, 1.54) is 57.8 Å². The van der Waals surface area contributed by atoms with E-state index < -0.39 is 7.60 Å². The van der Waals surface area contributed by atoms with Crippen molar-refractivity contribution in [2.45, 2.75) is 96.2 Å². The van der Waals surface area contributed by atoms with Crippen LogP contribution in [0.15, 0.2) is 24.8 Å². The number of unbranched alkanes of at least 4 members (excludes halogenated alkanes) is 10. The molecule has 0 amide bonds. The molecule has 0 radical (unpaired) electrons. The lowest BCUT2D eigenvalue weighted by Crippen LogP contribution is -2.44. The van der Waals surface area contributed by atoms with Gasteiger partial charge in [-0.05, 0) is 38.5 Å². The van der Waals surface area contributed by atoms with Crippen LogP contribution >= 0.6 is 7.60 Å². The normalized spacial score (nSPS) is 15.6. The highest BCUT2D eigenvalue weighted by molar-refractivity contribution is 7.53. The highest BCUT2D eigenvalue weighted by atomic mass is 31.2. The summed E-state index contributed by atoms with van der Waals surface area (Å²) in [6, 6.07) is 0. The lowest BCUT2D eigenvalue weighted by molar-refractivity contribution is -0.883. The van der Waals surface area contributed by atoms with E-state index in [1.807, 2.05) is 34.1 Å². The van der Waals surface area contributed by atoms with Crippen LogP contribution in [0.1, 0.15) is 90.4 Å². The molecule has 166 valence electrons. The summed E-state index contributed by atoms with van der Waals surface area (Å²) in [4.78, 5) is 10.2. The van der Waals surface area contributed by atoms with Crippen molar-refractivity contribution in [3.63, 3.8) is 0 Å². The summed E-state index contributed by atoms with van der Waals surface area (Å²) in [6.45, 7) is 6.08. The highest BCUT2D eigenvalue weighted by Gasteiger charge is 2.41. The van der Waals surface area contributed by atoms with Crippen molar-refractivity contribution in [1.29, 1.82) is 0 Å². The first-order valence-electron chi connectivity index (χ1n) is 11.3. The first-order chi connectivity index (χ1) is 13.3. The van der Waals surface area contributed by atoms with Crippen LogP contribution in [0.25, 0.3) is 0 Å². The van der Waals surface area contributed by atoms with Gasteiger partial charge in [-0.2, -0.15) is 0 Å². The fourth-order valence-electron chi connectivity index (χ4n) is 3.54. The Hall–Kier alpha value is -0.410. The van der Waals surface area contributed by atoms with Crippen molar-refractivity contribution in [1.82, 2.24) is 0 Å². The smallest absolute Gasteiger partial charge is 0.320 e. The minimum Gasteiger partial charge on any atom is -0.320 e. The van der Waals surface area contributed by atoms with E-state index in [-0.39, 0.29) is 5.78 Å². The van der Waals surface area contributed by atoms with Gasteiger partial charge in [0.05, 0.1) is 27.7 Å². The minimum atomic E-state index is -3.55. The summed E-state index contributed by atoms with van der Waals surface area (Å²) in [7, 11) is 2.29. The molecule has 5 heteroatoms. The predicted molar refractivity (Wildman–Crippen MR) is 123 cm³/mol. The van der Waals surface area contributed by atoms with Gasteiger partial charge in [-0.15, -0.1) is 6.58 Å². The van der Waals surface area contributed by atoms with Crippen LogP contribution in [0.3, 0.4) is 0 Å². The summed E-state index contributed by atoms with van der Waals surface area (Å²) in [5.74, 6) is -0.352. The van der Waals surface area contributed by atoms with Crippen molar-refractivity contribution in [2.75, 3.05) is 27.7 Å². The van der Waals surface area contributed by atoms with Gasteiger partial charge in [0, 0.05) is 6.42 Å². The zero-order valence-electron chi connectivity index (χ0n) is 19.1. The van der Waals surface area contributed by atoms with Crippen LogP contribution in [0.5, 0.6) is 0 Å². The standard InChI is InChI=1S/C23H46NO3P/c1-6-8-9-10-11-12-13-14-15-16-17-18-19-20-21-22-27-28(25,26)23(7-2)24(3,4)5/h6,11-12,23H,1,7-10,13-22H2,2-5H3/p+1/b12-11-. The first-order valence-corrected chi connectivity index (χ1v) is 12.9. The van der Waals surface area contributed by atoms with Gasteiger partial charge in [0.25, 0.3) is 0 Å². The zero-order valence-corrected chi connectivity index (χ0v) is 20.0. The molecule has 0 aliphatic rings. The Morgan fingerprint density at radius 2 is 1.39 bits per heavy atom. The minimum absolute atomic E-state index is 0.352. The molecule has 0 aliphatic carbocycles. The Kier molecular flexibility index (Phi) is 16.2. The number of rotatable bonds is 19. The molecule has 0 saturated heterocycles. The highest BCUT2D eigenvalue weighted by Crippen LogP contribution is 2.51. The third kappa shape index (κ3) is 14.6. The van der Waals surface area contributed by atoms with Crippen LogP contribution in [0.4, 0.5) is 0 Å². The van der Waals surface area contributed by atoms with Gasteiger partial charge in [-0.1, -0.05) is 63.7 Å². The number of hydrogen-bond donors (Lipinski definition) is 1. The summed E-state index contributed by atoms with van der Waals surface area (Å²) in [6.07, 6.45) is 21.6. The molecule has 0 heterocycles. The van der Waals surface area contributed by atoms with Gasteiger partial charge in [-0.3, -0.25) is 4.57 Å². The van der Waals surface area contributed by atoms with Crippen molar-refractivity contribution in [3.05, 3.63) is 24.8 Å². The van der Waals surface area contributed by atoms with E-state index in [0.717, 1.165) is 19.3 Å². The molecule has 4 nitrogen and oxygen atoms in total. The molecule has 1 N–H and O–H groups in total. The fourth-order valence-corrected chi connectivity index (χ4v) is 5.44. The van der Waals surface area contributed by atoms with E-state index in [1.54, 1.807) is 0 Å². The molecular weight excluding hydrogens is 369 g/mol. The molecule has 0 fully saturated rings. The Morgan fingerprint density at radius 1 is 0.893 bits per heavy atom. The van der Waals surface area contributed by atoms with Gasteiger partial charge >= 0.3 is 7.60 Å². The average Bonchev–Trinajstić information content (AvgIpc) is 2.60. The third-order valence-corrected chi connectivity index (χ3v) is 7.49. The third-order valence-electron chi connectivity index (χ3n) is 5.12. The van der Waals surface area contributed by atoms with E-state index in [4.69, 9.17) is 4.52 Å². The monoisotopic (exact) mass is 416 g/mol. The van der Waals surface area contributed by atoms with E-state index in [9.17, 15) is 9.46 Å². The van der Waals surface area contributed by atoms with E-state index in [0.29, 0.717) is 17.5 Å². The number of hydrogen-bond acceptors (Lipinski definition) is 2. The van der Waals surface area contributed by atoms with Gasteiger partial charge < -0.3 is 13.9 Å². The second kappa shape index (κ2) is 16.4. The van der Waals surface area contributed by atoms with E-state index in [2.05, 4.69) is 18.7 Å². The Labute approximate surface area is 175 Å². The number of allylic oxidation sites excluding steroid dienone is 3. The second-order valence-corrected chi connectivity index (χ2v) is 10.7. The van der Waals surface area contributed by atoms with Crippen molar-refractivity contribution in [2.24, 2.45) is 0 Å². The summed E-state index contributed by atoms with van der Waals surface area (Å²) < 4.78 is 18.3. The quantitative estimate of drug-likeness (QED) is 0.106. The Bertz CT molecular complexity index is 457. The largest absolute Gasteiger partial charge is 0.385 e. The van der Waals surface area contributed by atoms with Gasteiger partial charge in [0.2, 0.25) is 0 Å². The predicted octanol–water partition coefficient (Wildman–Crippen LogP) is 7.05. The average molecular weight is 417 g/mol. The van der Waals surface area contributed by atoms with Gasteiger partial charge in [-0.25, -0.2) is 0 Å². The lowest BCUT2D eigenvalue weighted by Gasteiger charge is -2.35. The van der Waals surface area contributed by atoms with Crippen LogP contribution in [0, 0.1) is 0 Å². The lowest BCUT2D eigenvalue weighted by atomic mass is 10.1. The Morgan fingerprint density at radius 3 is 1.89 bits per heavy atom. The maximum absolute atomic E-state index is 12.4. The molecule has 0 aromatic rings. The maximum Gasteiger partial charge on any atom is 0.385 e. The number of nitrogens with zero attached hydrogens (tertiary/aromatic N) is 1. The van der Waals surface area contributed by atoms with Crippen LogP contribution in [0.2, 0.25) is 0 Å². The number of quaternary nitrogens is 1. The SMILES string of the molecule is C=CCCC/C=C\CCCCCCCCCCOP(=O)(O)C(CC)[N+](C)(C)C. The van der Waals surface area contributed by atoms with Crippen molar-refractivity contribution in [3.8, 4) is 0 Å². The zero-order chi connectivity index (χ0) is 21.3. The molecule has 0 aromatic carbocycles. The molecule has 2 unspecified atom stereocenters. The summed E-state index contributed by atoms with van der Waals surface area (Å²) >= 11 is 0. The molecule has 28 heavy (non-hydrogen) atoms. The van der Waals surface area contributed by atoms with Gasteiger partial charge in [0.15, 0.2) is 5.78 Å². The van der Waals surface area contributed by atoms with Crippen molar-refractivity contribution < 1.29 is 18.5 Å². The summed E-state index contributed by atoms with van der Waals surface area (Å²) in [5, 5.41) is 0. The van der Waals surface area contributed by atoms with Crippen LogP contribution in [-0.4, -0.2) is 42.9 Å². The fraction of sp³-hybridized carbons (Fsp3) is 0.826. The van der Waals surface area contributed by atoms with Crippen LogP contribution in [-0.2, 0) is 9.09 Å². The molecule has 0 saturated carbocycles. The summed E-state index contributed by atoms with van der Waals surface area (Å²) in [5.41, 5.74) is 0. The molecule has 2 atom stereocenters. The maximum atomic E-state index is 12.4. The van der Waals surface area contributed by atoms with Gasteiger partial charge in [0.1, 0.15) is 0 Å². The molecule has 0 aliphatic heterocycles. The molecular formula is C23H47NO3P+.